The number of hydrogen-bond donors (Lipinski definition) is 1. The maximum Gasteiger partial charge on any atom is 0.261 e. The van der Waals surface area contributed by atoms with Gasteiger partial charge in [-0.3, -0.25) is 4.72 Å². The Kier molecular flexibility index (Phi) is 6.95. The van der Waals surface area contributed by atoms with Crippen LogP contribution in [-0.2, 0) is 20.0 Å². The molecule has 0 spiro atoms. The lowest BCUT2D eigenvalue weighted by molar-refractivity contribution is 0.253. The highest BCUT2D eigenvalue weighted by molar-refractivity contribution is 7.92. The fourth-order valence-electron chi connectivity index (χ4n) is 3.65. The summed E-state index contributed by atoms with van der Waals surface area (Å²) in [5.41, 5.74) is 1.31. The first-order chi connectivity index (χ1) is 14.5. The van der Waals surface area contributed by atoms with Crippen LogP contribution in [0.3, 0.4) is 0 Å². The van der Waals surface area contributed by atoms with E-state index in [9.17, 15) is 16.8 Å². The molecule has 1 saturated heterocycles. The third kappa shape index (κ3) is 5.20. The average Bonchev–Trinajstić information content (AvgIpc) is 2.74. The van der Waals surface area contributed by atoms with Gasteiger partial charge in [0, 0.05) is 27.2 Å². The molecule has 1 heterocycles. The lowest BCUT2D eigenvalue weighted by Gasteiger charge is -2.37. The highest BCUT2D eigenvalue weighted by Gasteiger charge is 2.24. The molecule has 1 N–H and O–H groups in total. The Balaban J connectivity index is 1.84. The zero-order chi connectivity index (χ0) is 22.8. The highest BCUT2D eigenvalue weighted by atomic mass is 32.2. The number of nitrogens with one attached hydrogen (secondary N) is 1. The molecule has 2 aromatic rings. The number of hydrogen-bond acceptors (Lipinski definition) is 6. The van der Waals surface area contributed by atoms with Crippen LogP contribution in [-0.4, -0.2) is 73.4 Å². The van der Waals surface area contributed by atoms with E-state index in [0.717, 1.165) is 35.9 Å². The molecule has 3 rings (SSSR count). The maximum atomic E-state index is 13.0. The van der Waals surface area contributed by atoms with E-state index in [-0.39, 0.29) is 9.79 Å². The molecule has 0 amide bonds. The van der Waals surface area contributed by atoms with E-state index >= 15 is 0 Å². The molecule has 31 heavy (non-hydrogen) atoms. The summed E-state index contributed by atoms with van der Waals surface area (Å²) < 4.78 is 54.2. The molecule has 0 aromatic heterocycles. The zero-order valence-corrected chi connectivity index (χ0v) is 19.9. The van der Waals surface area contributed by atoms with Gasteiger partial charge in [0.15, 0.2) is 0 Å². The quantitative estimate of drug-likeness (QED) is 0.673. The standard InChI is InChI=1S/C21H30N4O4S2/c1-23(2)31(28,29)19-11-9-18(10-12-19)30(26,27)22-20-7-5-6-8-21(20)25(4)17-13-15-24(3)16-14-17/h5-12,17,22H,13-16H2,1-4H3. The molecule has 0 aliphatic carbocycles. The van der Waals surface area contributed by atoms with Crippen molar-refractivity contribution in [3.63, 3.8) is 0 Å². The van der Waals surface area contributed by atoms with Gasteiger partial charge in [0.1, 0.15) is 0 Å². The van der Waals surface area contributed by atoms with Crippen LogP contribution in [0, 0.1) is 0 Å². The summed E-state index contributed by atoms with van der Waals surface area (Å²) in [4.78, 5) is 4.47. The number of rotatable bonds is 7. The minimum absolute atomic E-state index is 0.00181. The van der Waals surface area contributed by atoms with Gasteiger partial charge in [-0.2, -0.15) is 0 Å². The Bertz CT molecular complexity index is 1110. The topological polar surface area (TPSA) is 90.0 Å². The smallest absolute Gasteiger partial charge is 0.261 e. The summed E-state index contributed by atoms with van der Waals surface area (Å²) in [6, 6.07) is 12.9. The number of piperidine rings is 1. The molecule has 0 bridgehead atoms. The van der Waals surface area contributed by atoms with E-state index in [4.69, 9.17) is 0 Å². The van der Waals surface area contributed by atoms with Crippen LogP contribution in [0.15, 0.2) is 58.3 Å². The molecule has 170 valence electrons. The minimum atomic E-state index is -3.88. The summed E-state index contributed by atoms with van der Waals surface area (Å²) >= 11 is 0. The first-order valence-electron chi connectivity index (χ1n) is 10.1. The summed E-state index contributed by atoms with van der Waals surface area (Å²) in [5, 5.41) is 0. The van der Waals surface area contributed by atoms with E-state index in [1.165, 1.54) is 38.4 Å². The third-order valence-corrected chi connectivity index (χ3v) is 8.89. The molecule has 1 aliphatic heterocycles. The van der Waals surface area contributed by atoms with Crippen LogP contribution in [0.25, 0.3) is 0 Å². The summed E-state index contributed by atoms with van der Waals surface area (Å²) in [6.45, 7) is 2.01. The number of nitrogens with zero attached hydrogens (tertiary/aromatic N) is 3. The van der Waals surface area contributed by atoms with Crippen molar-refractivity contribution in [2.75, 3.05) is 50.9 Å². The van der Waals surface area contributed by atoms with E-state index in [1.807, 2.05) is 19.2 Å². The SMILES string of the molecule is CN1CCC(N(C)c2ccccc2NS(=O)(=O)c2ccc(S(=O)(=O)N(C)C)cc2)CC1. The van der Waals surface area contributed by atoms with Crippen LogP contribution in [0.4, 0.5) is 11.4 Å². The Labute approximate surface area is 185 Å². The number of para-hydroxylation sites is 2. The molecular formula is C21H30N4O4S2. The fourth-order valence-corrected chi connectivity index (χ4v) is 5.63. The van der Waals surface area contributed by atoms with Gasteiger partial charge in [0.25, 0.3) is 10.0 Å². The summed E-state index contributed by atoms with van der Waals surface area (Å²) in [6.07, 6.45) is 2.02. The van der Waals surface area contributed by atoms with Crippen LogP contribution in [0.1, 0.15) is 12.8 Å². The molecule has 8 nitrogen and oxygen atoms in total. The number of sulfonamides is 2. The largest absolute Gasteiger partial charge is 0.370 e. The van der Waals surface area contributed by atoms with E-state index < -0.39 is 20.0 Å². The van der Waals surface area contributed by atoms with Crippen molar-refractivity contribution in [3.05, 3.63) is 48.5 Å². The zero-order valence-electron chi connectivity index (χ0n) is 18.3. The van der Waals surface area contributed by atoms with E-state index in [1.54, 1.807) is 12.1 Å². The predicted octanol–water partition coefficient (Wildman–Crippen LogP) is 2.27. The third-order valence-electron chi connectivity index (χ3n) is 5.68. The summed E-state index contributed by atoms with van der Waals surface area (Å²) in [5.74, 6) is 0. The Morgan fingerprint density at radius 2 is 1.42 bits per heavy atom. The predicted molar refractivity (Wildman–Crippen MR) is 123 cm³/mol. The first-order valence-corrected chi connectivity index (χ1v) is 13.0. The molecule has 1 aliphatic rings. The first kappa shape index (κ1) is 23.5. The highest BCUT2D eigenvalue weighted by Crippen LogP contribution is 2.31. The van der Waals surface area contributed by atoms with Gasteiger partial charge >= 0.3 is 0 Å². The molecule has 10 heteroatoms. The molecule has 0 unspecified atom stereocenters. The van der Waals surface area contributed by atoms with Crippen LogP contribution >= 0.6 is 0 Å². The molecule has 0 saturated carbocycles. The summed E-state index contributed by atoms with van der Waals surface area (Å²) in [7, 11) is -0.555. The van der Waals surface area contributed by atoms with Crippen LogP contribution < -0.4 is 9.62 Å². The fraction of sp³-hybridized carbons (Fsp3) is 0.429. The maximum absolute atomic E-state index is 13.0. The van der Waals surface area contributed by atoms with Crippen LogP contribution in [0.2, 0.25) is 0 Å². The molecular weight excluding hydrogens is 436 g/mol. The second-order valence-corrected chi connectivity index (χ2v) is 11.9. The Hall–Kier alpha value is -2.14. The lowest BCUT2D eigenvalue weighted by atomic mass is 10.0. The number of anilines is 2. The molecule has 0 atom stereocenters. The van der Waals surface area contributed by atoms with Gasteiger partial charge in [-0.25, -0.2) is 21.1 Å². The second kappa shape index (κ2) is 9.15. The van der Waals surface area contributed by atoms with Crippen molar-refractivity contribution in [3.8, 4) is 0 Å². The molecule has 1 fully saturated rings. The molecule has 0 radical (unpaired) electrons. The lowest BCUT2D eigenvalue weighted by Crippen LogP contribution is -2.42. The van der Waals surface area contributed by atoms with Gasteiger partial charge < -0.3 is 9.80 Å². The van der Waals surface area contributed by atoms with Gasteiger partial charge in [-0.15, -0.1) is 0 Å². The minimum Gasteiger partial charge on any atom is -0.370 e. The van der Waals surface area contributed by atoms with Gasteiger partial charge in [0.05, 0.1) is 21.2 Å². The van der Waals surface area contributed by atoms with Crippen LogP contribution in [0.5, 0.6) is 0 Å². The number of benzene rings is 2. The van der Waals surface area contributed by atoms with Crippen molar-refractivity contribution in [2.45, 2.75) is 28.7 Å². The monoisotopic (exact) mass is 466 g/mol. The second-order valence-electron chi connectivity index (χ2n) is 8.03. The van der Waals surface area contributed by atoms with Gasteiger partial charge in [-0.1, -0.05) is 12.1 Å². The van der Waals surface area contributed by atoms with E-state index in [0.29, 0.717) is 11.7 Å². The van der Waals surface area contributed by atoms with Crippen molar-refractivity contribution >= 4 is 31.4 Å². The van der Waals surface area contributed by atoms with E-state index in [2.05, 4.69) is 21.6 Å². The van der Waals surface area contributed by atoms with Crippen molar-refractivity contribution in [1.29, 1.82) is 0 Å². The van der Waals surface area contributed by atoms with Crippen molar-refractivity contribution in [1.82, 2.24) is 9.21 Å². The molecule has 2 aromatic carbocycles. The van der Waals surface area contributed by atoms with Crippen molar-refractivity contribution in [2.24, 2.45) is 0 Å². The number of likely N-dealkylation sites (tertiary alicyclic amines) is 1. The average molecular weight is 467 g/mol. The van der Waals surface area contributed by atoms with Gasteiger partial charge in [-0.05, 0) is 69.4 Å². The normalized spacial score (nSPS) is 16.4. The Morgan fingerprint density at radius 3 is 2.00 bits per heavy atom. The van der Waals surface area contributed by atoms with Crippen molar-refractivity contribution < 1.29 is 16.8 Å². The Morgan fingerprint density at radius 1 is 0.871 bits per heavy atom. The van der Waals surface area contributed by atoms with Gasteiger partial charge in [0.2, 0.25) is 10.0 Å².